The van der Waals surface area contributed by atoms with Crippen LogP contribution in [-0.4, -0.2) is 44.3 Å². The summed E-state index contributed by atoms with van der Waals surface area (Å²) < 4.78 is 25.1. The smallest absolute Gasteiger partial charge is 0.283 e. The topological polar surface area (TPSA) is 24.8 Å². The zero-order valence-corrected chi connectivity index (χ0v) is 8.33. The number of nitrogens with zero attached hydrogens (tertiary/aromatic N) is 2. The molecule has 0 N–H and O–H groups in total. The van der Waals surface area contributed by atoms with Crippen LogP contribution in [0.3, 0.4) is 0 Å². The summed E-state index contributed by atoms with van der Waals surface area (Å²) in [7, 11) is 3.17. The Kier molecular flexibility index (Phi) is 4.00. The number of alkyl halides is 2. The van der Waals surface area contributed by atoms with Crippen LogP contribution in [0, 0.1) is 0 Å². The third-order valence-electron chi connectivity index (χ3n) is 2.07. The molecule has 1 heterocycles. The van der Waals surface area contributed by atoms with Crippen molar-refractivity contribution in [2.24, 2.45) is 5.16 Å². The molecule has 0 saturated carbocycles. The van der Waals surface area contributed by atoms with E-state index in [0.29, 0.717) is 12.1 Å². The molecule has 0 atom stereocenters. The van der Waals surface area contributed by atoms with Crippen molar-refractivity contribution in [1.82, 2.24) is 4.90 Å². The highest BCUT2D eigenvalue weighted by atomic mass is 19.3. The fourth-order valence-electron chi connectivity index (χ4n) is 1.42. The normalized spacial score (nSPS) is 19.8. The third kappa shape index (κ3) is 2.77. The molecule has 0 aromatic heterocycles. The SMILES string of the molecule is CO/N=C(/C1=CCCN(C)C1)C(F)F. The molecular formula is C9H14F2N2O. The maximum Gasteiger partial charge on any atom is 0.283 e. The van der Waals surface area contributed by atoms with Crippen molar-refractivity contribution in [2.75, 3.05) is 27.2 Å². The van der Waals surface area contributed by atoms with Gasteiger partial charge in [-0.2, -0.15) is 0 Å². The van der Waals surface area contributed by atoms with Crippen molar-refractivity contribution >= 4 is 5.71 Å². The van der Waals surface area contributed by atoms with Crippen LogP contribution in [0.1, 0.15) is 6.42 Å². The third-order valence-corrected chi connectivity index (χ3v) is 2.07. The van der Waals surface area contributed by atoms with Gasteiger partial charge in [-0.25, -0.2) is 8.78 Å². The lowest BCUT2D eigenvalue weighted by atomic mass is 10.1. The van der Waals surface area contributed by atoms with Crippen molar-refractivity contribution in [3.05, 3.63) is 11.6 Å². The van der Waals surface area contributed by atoms with Gasteiger partial charge in [0.2, 0.25) is 0 Å². The Labute approximate surface area is 82.0 Å². The monoisotopic (exact) mass is 204 g/mol. The molecule has 0 bridgehead atoms. The van der Waals surface area contributed by atoms with E-state index in [1.165, 1.54) is 7.11 Å². The number of likely N-dealkylation sites (N-methyl/N-ethyl adjacent to an activating group) is 1. The van der Waals surface area contributed by atoms with Crippen molar-refractivity contribution in [3.8, 4) is 0 Å². The van der Waals surface area contributed by atoms with Gasteiger partial charge in [-0.3, -0.25) is 0 Å². The molecule has 0 fully saturated rings. The zero-order valence-electron chi connectivity index (χ0n) is 8.33. The first-order valence-corrected chi connectivity index (χ1v) is 4.42. The highest BCUT2D eigenvalue weighted by Gasteiger charge is 2.22. The van der Waals surface area contributed by atoms with E-state index in [2.05, 4.69) is 9.99 Å². The molecule has 0 amide bonds. The van der Waals surface area contributed by atoms with Crippen LogP contribution in [0.15, 0.2) is 16.8 Å². The van der Waals surface area contributed by atoms with Crippen LogP contribution in [0.5, 0.6) is 0 Å². The predicted octanol–water partition coefficient (Wildman–Crippen LogP) is 1.52. The fourth-order valence-corrected chi connectivity index (χ4v) is 1.42. The van der Waals surface area contributed by atoms with Crippen LogP contribution in [0.25, 0.3) is 0 Å². The molecule has 0 aromatic rings. The van der Waals surface area contributed by atoms with Crippen molar-refractivity contribution in [1.29, 1.82) is 0 Å². The highest BCUT2D eigenvalue weighted by Crippen LogP contribution is 2.14. The molecule has 14 heavy (non-hydrogen) atoms. The number of rotatable bonds is 3. The van der Waals surface area contributed by atoms with E-state index in [4.69, 9.17) is 0 Å². The number of hydrogen-bond acceptors (Lipinski definition) is 3. The first-order chi connectivity index (χ1) is 6.65. The first kappa shape index (κ1) is 11.1. The molecule has 1 rings (SSSR count). The van der Waals surface area contributed by atoms with Crippen molar-refractivity contribution in [2.45, 2.75) is 12.8 Å². The van der Waals surface area contributed by atoms with Gasteiger partial charge in [0.25, 0.3) is 6.43 Å². The van der Waals surface area contributed by atoms with Gasteiger partial charge in [0.1, 0.15) is 12.8 Å². The average Bonchev–Trinajstić information content (AvgIpc) is 2.13. The molecular weight excluding hydrogens is 190 g/mol. The second-order valence-corrected chi connectivity index (χ2v) is 3.22. The van der Waals surface area contributed by atoms with Crippen molar-refractivity contribution in [3.63, 3.8) is 0 Å². The predicted molar refractivity (Wildman–Crippen MR) is 50.6 cm³/mol. The molecule has 0 saturated heterocycles. The standard InChI is InChI=1S/C9H14F2N2O/c1-13-5-3-4-7(6-13)8(9(10)11)12-14-2/h4,9H,3,5-6H2,1-2H3/b12-8-. The van der Waals surface area contributed by atoms with Gasteiger partial charge in [0.05, 0.1) is 0 Å². The van der Waals surface area contributed by atoms with Crippen LogP contribution >= 0.6 is 0 Å². The average molecular weight is 204 g/mol. The summed E-state index contributed by atoms with van der Waals surface area (Å²) in [4.78, 5) is 6.38. The molecule has 3 nitrogen and oxygen atoms in total. The van der Waals surface area contributed by atoms with E-state index in [1.54, 1.807) is 6.08 Å². The largest absolute Gasteiger partial charge is 0.399 e. The zero-order chi connectivity index (χ0) is 10.6. The molecule has 80 valence electrons. The van der Waals surface area contributed by atoms with E-state index < -0.39 is 6.43 Å². The van der Waals surface area contributed by atoms with Gasteiger partial charge < -0.3 is 9.74 Å². The van der Waals surface area contributed by atoms with Gasteiger partial charge in [0.15, 0.2) is 0 Å². The van der Waals surface area contributed by atoms with E-state index in [0.717, 1.165) is 13.0 Å². The minimum absolute atomic E-state index is 0.251. The van der Waals surface area contributed by atoms with E-state index in [9.17, 15) is 8.78 Å². The Morgan fingerprint density at radius 2 is 2.36 bits per heavy atom. The van der Waals surface area contributed by atoms with Gasteiger partial charge in [-0.1, -0.05) is 11.2 Å². The maximum absolute atomic E-state index is 12.5. The van der Waals surface area contributed by atoms with Gasteiger partial charge in [-0.15, -0.1) is 0 Å². The molecule has 0 aromatic carbocycles. The van der Waals surface area contributed by atoms with E-state index >= 15 is 0 Å². The summed E-state index contributed by atoms with van der Waals surface area (Å²) in [6.45, 7) is 1.40. The highest BCUT2D eigenvalue weighted by molar-refractivity contribution is 6.02. The Bertz CT molecular complexity index is 251. The second kappa shape index (κ2) is 5.05. The molecule has 1 aliphatic rings. The van der Waals surface area contributed by atoms with Crippen LogP contribution in [-0.2, 0) is 4.84 Å². The molecule has 0 aliphatic carbocycles. The quantitative estimate of drug-likeness (QED) is 0.514. The van der Waals surface area contributed by atoms with E-state index in [1.807, 2.05) is 11.9 Å². The lowest BCUT2D eigenvalue weighted by Crippen LogP contribution is -2.30. The summed E-state index contributed by atoms with van der Waals surface area (Å²) in [6.07, 6.45) is -0.00150. The summed E-state index contributed by atoms with van der Waals surface area (Å²) in [5, 5.41) is 3.35. The lowest BCUT2D eigenvalue weighted by Gasteiger charge is -2.23. The van der Waals surface area contributed by atoms with E-state index in [-0.39, 0.29) is 5.71 Å². The number of oxime groups is 1. The van der Waals surface area contributed by atoms with Gasteiger partial charge in [-0.05, 0) is 19.0 Å². The van der Waals surface area contributed by atoms with Crippen LogP contribution in [0.2, 0.25) is 0 Å². The lowest BCUT2D eigenvalue weighted by molar-refractivity contribution is 0.186. The Morgan fingerprint density at radius 3 is 2.86 bits per heavy atom. The molecule has 1 aliphatic heterocycles. The minimum Gasteiger partial charge on any atom is -0.399 e. The fraction of sp³-hybridized carbons (Fsp3) is 0.667. The summed E-state index contributed by atoms with van der Waals surface area (Å²) >= 11 is 0. The summed E-state index contributed by atoms with van der Waals surface area (Å²) in [5.41, 5.74) is 0.314. The van der Waals surface area contributed by atoms with Crippen LogP contribution < -0.4 is 0 Å². The van der Waals surface area contributed by atoms with Crippen molar-refractivity contribution < 1.29 is 13.6 Å². The number of halogens is 2. The molecule has 0 unspecified atom stereocenters. The van der Waals surface area contributed by atoms with Gasteiger partial charge >= 0.3 is 0 Å². The van der Waals surface area contributed by atoms with Gasteiger partial charge in [0, 0.05) is 13.1 Å². The summed E-state index contributed by atoms with van der Waals surface area (Å²) in [5.74, 6) is 0. The maximum atomic E-state index is 12.5. The second-order valence-electron chi connectivity index (χ2n) is 3.22. The van der Waals surface area contributed by atoms with Crippen LogP contribution in [0.4, 0.5) is 8.78 Å². The molecule has 0 spiro atoms. The Morgan fingerprint density at radius 1 is 1.64 bits per heavy atom. The Hall–Kier alpha value is -0.970. The molecule has 0 radical (unpaired) electrons. The Balaban J connectivity index is 2.78. The first-order valence-electron chi connectivity index (χ1n) is 4.42. The number of hydrogen-bond donors (Lipinski definition) is 0. The molecule has 5 heteroatoms. The minimum atomic E-state index is -2.58. The summed E-state index contributed by atoms with van der Waals surface area (Å²) in [6, 6.07) is 0.